The second-order valence-electron chi connectivity index (χ2n) is 4.65. The van der Waals surface area contributed by atoms with E-state index in [0.29, 0.717) is 5.41 Å². The van der Waals surface area contributed by atoms with E-state index in [4.69, 9.17) is 0 Å². The van der Waals surface area contributed by atoms with Crippen molar-refractivity contribution in [1.29, 1.82) is 0 Å². The zero-order valence-corrected chi connectivity index (χ0v) is 8.90. The van der Waals surface area contributed by atoms with Gasteiger partial charge in [0.05, 0.1) is 0 Å². The maximum Gasteiger partial charge on any atom is -0.0272 e. The maximum absolute atomic E-state index is 2.43. The molecule has 0 amide bonds. The normalized spacial score (nSPS) is 38.8. The fourth-order valence-electron chi connectivity index (χ4n) is 2.31. The van der Waals surface area contributed by atoms with Gasteiger partial charge in [-0.2, -0.15) is 0 Å². The van der Waals surface area contributed by atoms with Gasteiger partial charge in [-0.25, -0.2) is 0 Å². The molecular weight excluding hydrogens is 144 g/mol. The van der Waals surface area contributed by atoms with E-state index >= 15 is 0 Å². The average molecular weight is 167 g/mol. The highest BCUT2D eigenvalue weighted by atomic mass is 14.3. The molecule has 2 unspecified atom stereocenters. The molecule has 0 bridgehead atoms. The van der Waals surface area contributed by atoms with E-state index in [1.54, 1.807) is 0 Å². The Balaban J connectivity index is 2.54. The molecule has 0 aromatic heterocycles. The molecule has 2 atom stereocenters. The van der Waals surface area contributed by atoms with Crippen molar-refractivity contribution in [3.63, 3.8) is 0 Å². The minimum absolute atomic E-state index is 0.528. The van der Waals surface area contributed by atoms with E-state index in [1.165, 1.54) is 38.5 Å². The summed E-state index contributed by atoms with van der Waals surface area (Å²) in [6, 6.07) is 0. The van der Waals surface area contributed by atoms with E-state index in [0.717, 1.165) is 5.92 Å². The minimum atomic E-state index is 0.528. The SMILES string of the molecule is C[CH]C1(C)CCCCCCC1C. The number of hydrogen-bond donors (Lipinski definition) is 0. The van der Waals surface area contributed by atoms with E-state index in [9.17, 15) is 0 Å². The van der Waals surface area contributed by atoms with Crippen molar-refractivity contribution in [3.8, 4) is 0 Å². The molecule has 1 aliphatic rings. The molecule has 1 radical (unpaired) electrons. The molecule has 0 nitrogen and oxygen atoms in total. The average Bonchev–Trinajstić information content (AvgIpc) is 2.07. The predicted octanol–water partition coefficient (Wildman–Crippen LogP) is 4.21. The molecule has 0 aliphatic heterocycles. The first-order chi connectivity index (χ1) is 5.69. The molecule has 1 rings (SSSR count). The fraction of sp³-hybridized carbons (Fsp3) is 0.917. The fourth-order valence-corrected chi connectivity index (χ4v) is 2.31. The Bertz CT molecular complexity index is 128. The molecule has 0 spiro atoms. The summed E-state index contributed by atoms with van der Waals surface area (Å²) >= 11 is 0. The topological polar surface area (TPSA) is 0 Å². The van der Waals surface area contributed by atoms with Crippen LogP contribution in [-0.4, -0.2) is 0 Å². The Labute approximate surface area is 77.7 Å². The Hall–Kier alpha value is 0. The molecule has 0 heterocycles. The Morgan fingerprint density at radius 3 is 2.50 bits per heavy atom. The van der Waals surface area contributed by atoms with Crippen LogP contribution in [0.1, 0.15) is 59.3 Å². The highest BCUT2D eigenvalue weighted by Crippen LogP contribution is 2.40. The number of rotatable bonds is 1. The Morgan fingerprint density at radius 2 is 1.83 bits per heavy atom. The molecule has 0 aromatic rings. The summed E-state index contributed by atoms with van der Waals surface area (Å²) in [4.78, 5) is 0. The van der Waals surface area contributed by atoms with Gasteiger partial charge in [0.25, 0.3) is 0 Å². The van der Waals surface area contributed by atoms with Crippen LogP contribution < -0.4 is 0 Å². The molecule has 12 heavy (non-hydrogen) atoms. The van der Waals surface area contributed by atoms with Gasteiger partial charge in [0.2, 0.25) is 0 Å². The van der Waals surface area contributed by atoms with Crippen molar-refractivity contribution in [2.45, 2.75) is 59.3 Å². The van der Waals surface area contributed by atoms with Crippen molar-refractivity contribution >= 4 is 0 Å². The van der Waals surface area contributed by atoms with E-state index in [1.807, 2.05) is 0 Å². The molecule has 1 fully saturated rings. The van der Waals surface area contributed by atoms with Crippen LogP contribution in [0.4, 0.5) is 0 Å². The van der Waals surface area contributed by atoms with Crippen molar-refractivity contribution in [1.82, 2.24) is 0 Å². The lowest BCUT2D eigenvalue weighted by molar-refractivity contribution is 0.193. The molecule has 1 aliphatic carbocycles. The van der Waals surface area contributed by atoms with Crippen LogP contribution in [0.3, 0.4) is 0 Å². The molecule has 0 heteroatoms. The van der Waals surface area contributed by atoms with Crippen LogP contribution in [0.2, 0.25) is 0 Å². The summed E-state index contributed by atoms with van der Waals surface area (Å²) in [5.74, 6) is 0.891. The first kappa shape index (κ1) is 10.1. The van der Waals surface area contributed by atoms with Gasteiger partial charge in [-0.1, -0.05) is 52.9 Å². The summed E-state index contributed by atoms with van der Waals surface area (Å²) in [6.07, 6.45) is 11.1. The highest BCUT2D eigenvalue weighted by Gasteiger charge is 2.29. The van der Waals surface area contributed by atoms with Gasteiger partial charge in [-0.3, -0.25) is 0 Å². The predicted molar refractivity (Wildman–Crippen MR) is 54.9 cm³/mol. The van der Waals surface area contributed by atoms with Crippen molar-refractivity contribution < 1.29 is 0 Å². The lowest BCUT2D eigenvalue weighted by Crippen LogP contribution is -2.26. The lowest BCUT2D eigenvalue weighted by Gasteiger charge is -2.36. The quantitative estimate of drug-likeness (QED) is 0.549. The maximum atomic E-state index is 2.43. The van der Waals surface area contributed by atoms with Crippen LogP contribution in [-0.2, 0) is 0 Å². The summed E-state index contributed by atoms with van der Waals surface area (Å²) in [5, 5.41) is 0. The second kappa shape index (κ2) is 4.30. The van der Waals surface area contributed by atoms with Crippen LogP contribution in [0.25, 0.3) is 0 Å². The van der Waals surface area contributed by atoms with Gasteiger partial charge in [0.15, 0.2) is 0 Å². The molecular formula is C12H23. The van der Waals surface area contributed by atoms with Crippen molar-refractivity contribution in [2.75, 3.05) is 0 Å². The number of hydrogen-bond acceptors (Lipinski definition) is 0. The summed E-state index contributed by atoms with van der Waals surface area (Å²) in [7, 11) is 0. The van der Waals surface area contributed by atoms with Crippen LogP contribution in [0.15, 0.2) is 0 Å². The van der Waals surface area contributed by atoms with Crippen LogP contribution in [0.5, 0.6) is 0 Å². The summed E-state index contributed by atoms with van der Waals surface area (Å²) < 4.78 is 0. The zero-order chi connectivity index (χ0) is 9.03. The van der Waals surface area contributed by atoms with Gasteiger partial charge in [-0.05, 0) is 24.2 Å². The highest BCUT2D eigenvalue weighted by molar-refractivity contribution is 4.90. The standard InChI is InChI=1S/C12H23/c1-4-12(3)10-8-6-5-7-9-11(12)2/h4,11H,5-10H2,1-3H3. The second-order valence-corrected chi connectivity index (χ2v) is 4.65. The van der Waals surface area contributed by atoms with E-state index < -0.39 is 0 Å². The van der Waals surface area contributed by atoms with Crippen LogP contribution >= 0.6 is 0 Å². The third kappa shape index (κ3) is 2.24. The smallest absolute Gasteiger partial charge is 0.0272 e. The molecule has 0 aromatic carbocycles. The lowest BCUT2D eigenvalue weighted by atomic mass is 9.69. The minimum Gasteiger partial charge on any atom is -0.0620 e. The largest absolute Gasteiger partial charge is 0.0620 e. The molecule has 71 valence electrons. The van der Waals surface area contributed by atoms with Crippen LogP contribution in [0, 0.1) is 17.8 Å². The summed E-state index contributed by atoms with van der Waals surface area (Å²) in [5.41, 5.74) is 0.528. The monoisotopic (exact) mass is 167 g/mol. The third-order valence-electron chi connectivity index (χ3n) is 3.89. The van der Waals surface area contributed by atoms with Crippen molar-refractivity contribution in [3.05, 3.63) is 6.42 Å². The van der Waals surface area contributed by atoms with Gasteiger partial charge < -0.3 is 0 Å². The zero-order valence-electron chi connectivity index (χ0n) is 8.90. The summed E-state index contributed by atoms with van der Waals surface area (Å²) in [6.45, 7) is 7.09. The van der Waals surface area contributed by atoms with E-state index in [-0.39, 0.29) is 0 Å². The Kier molecular flexibility index (Phi) is 3.61. The third-order valence-corrected chi connectivity index (χ3v) is 3.89. The van der Waals surface area contributed by atoms with Gasteiger partial charge in [0, 0.05) is 0 Å². The Morgan fingerprint density at radius 1 is 1.17 bits per heavy atom. The molecule has 0 N–H and O–H groups in total. The first-order valence-corrected chi connectivity index (χ1v) is 5.49. The van der Waals surface area contributed by atoms with E-state index in [2.05, 4.69) is 27.2 Å². The van der Waals surface area contributed by atoms with Gasteiger partial charge in [0.1, 0.15) is 0 Å². The van der Waals surface area contributed by atoms with Crippen molar-refractivity contribution in [2.24, 2.45) is 11.3 Å². The van der Waals surface area contributed by atoms with Gasteiger partial charge >= 0.3 is 0 Å². The first-order valence-electron chi connectivity index (χ1n) is 5.49. The molecule has 1 saturated carbocycles. The molecule has 0 saturated heterocycles. The van der Waals surface area contributed by atoms with Gasteiger partial charge in [-0.15, -0.1) is 0 Å².